The van der Waals surface area contributed by atoms with E-state index in [0.717, 1.165) is 24.1 Å². The monoisotopic (exact) mass is 363 g/mol. The third-order valence-electron chi connectivity index (χ3n) is 4.46. The zero-order chi connectivity index (χ0) is 17.6. The van der Waals surface area contributed by atoms with Crippen LogP contribution >= 0.6 is 12.1 Å². The zero-order valence-electron chi connectivity index (χ0n) is 13.8. The molecule has 1 aliphatic heterocycles. The second kappa shape index (κ2) is 6.25. The summed E-state index contributed by atoms with van der Waals surface area (Å²) in [5, 5.41) is 12.2. The highest BCUT2D eigenvalue weighted by molar-refractivity contribution is 7.95. The molecule has 0 amide bonds. The smallest absolute Gasteiger partial charge is 0.123 e. The molecule has 1 fully saturated rings. The lowest BCUT2D eigenvalue weighted by atomic mass is 10.1. The highest BCUT2D eigenvalue weighted by Crippen LogP contribution is 2.32. The SMILES string of the molecule is CC(O)(CN1CCNS1)Cn1c2ccc(F)cc2c2cc(F)ccc21. The number of halogens is 2. The van der Waals surface area contributed by atoms with Gasteiger partial charge < -0.3 is 9.67 Å². The van der Waals surface area contributed by atoms with Crippen LogP contribution in [0.4, 0.5) is 8.78 Å². The number of rotatable bonds is 4. The molecule has 4 nitrogen and oxygen atoms in total. The predicted molar refractivity (Wildman–Crippen MR) is 97.2 cm³/mol. The van der Waals surface area contributed by atoms with Gasteiger partial charge in [-0.25, -0.2) is 17.8 Å². The van der Waals surface area contributed by atoms with Gasteiger partial charge in [0.05, 0.1) is 12.1 Å². The lowest BCUT2D eigenvalue weighted by Gasteiger charge is -2.28. The number of hydrogen-bond donors (Lipinski definition) is 2. The molecule has 1 aliphatic rings. The molecule has 0 aliphatic carbocycles. The first-order valence-corrected chi connectivity index (χ1v) is 8.94. The molecule has 3 aromatic rings. The van der Waals surface area contributed by atoms with Crippen LogP contribution < -0.4 is 4.72 Å². The van der Waals surface area contributed by atoms with Crippen LogP contribution in [0.2, 0.25) is 0 Å². The zero-order valence-corrected chi connectivity index (χ0v) is 14.6. The Morgan fingerprint density at radius 3 is 2.20 bits per heavy atom. The van der Waals surface area contributed by atoms with Crippen molar-refractivity contribution in [1.29, 1.82) is 0 Å². The Balaban J connectivity index is 1.79. The van der Waals surface area contributed by atoms with Gasteiger partial charge in [-0.15, -0.1) is 0 Å². The van der Waals surface area contributed by atoms with Crippen molar-refractivity contribution in [1.82, 2.24) is 13.6 Å². The number of fused-ring (bicyclic) bond motifs is 3. The van der Waals surface area contributed by atoms with Crippen molar-refractivity contribution in [2.24, 2.45) is 0 Å². The van der Waals surface area contributed by atoms with Crippen molar-refractivity contribution in [3.05, 3.63) is 48.0 Å². The number of aliphatic hydroxyl groups is 1. The molecule has 0 bridgehead atoms. The van der Waals surface area contributed by atoms with Crippen LogP contribution in [0.1, 0.15) is 6.92 Å². The lowest BCUT2D eigenvalue weighted by Crippen LogP contribution is -2.40. The number of hydrogen-bond acceptors (Lipinski definition) is 4. The average molecular weight is 363 g/mol. The summed E-state index contributed by atoms with van der Waals surface area (Å²) >= 11 is 1.51. The van der Waals surface area contributed by atoms with Gasteiger partial charge in [-0.05, 0) is 43.3 Å². The van der Waals surface area contributed by atoms with Gasteiger partial charge in [-0.2, -0.15) is 0 Å². The minimum Gasteiger partial charge on any atom is -0.387 e. The maximum Gasteiger partial charge on any atom is 0.123 e. The van der Waals surface area contributed by atoms with Crippen LogP contribution in [0.25, 0.3) is 21.8 Å². The van der Waals surface area contributed by atoms with E-state index in [-0.39, 0.29) is 11.6 Å². The van der Waals surface area contributed by atoms with Crippen LogP contribution in [0, 0.1) is 11.6 Å². The van der Waals surface area contributed by atoms with E-state index in [1.165, 1.54) is 36.4 Å². The molecular weight excluding hydrogens is 344 g/mol. The fourth-order valence-corrected chi connectivity index (χ4v) is 4.34. The molecule has 0 saturated carbocycles. The normalized spacial score (nSPS) is 18.2. The highest BCUT2D eigenvalue weighted by Gasteiger charge is 2.28. The van der Waals surface area contributed by atoms with Gasteiger partial charge in [0.15, 0.2) is 0 Å². The Hall–Kier alpha value is -1.67. The number of nitrogens with zero attached hydrogens (tertiary/aromatic N) is 2. The van der Waals surface area contributed by atoms with Crippen LogP contribution in [0.3, 0.4) is 0 Å². The highest BCUT2D eigenvalue weighted by atomic mass is 32.2. The molecule has 2 heterocycles. The Bertz CT molecular complexity index is 876. The quantitative estimate of drug-likeness (QED) is 0.698. The first-order valence-electron chi connectivity index (χ1n) is 8.17. The van der Waals surface area contributed by atoms with Crippen molar-refractivity contribution < 1.29 is 13.9 Å². The minimum atomic E-state index is -0.985. The van der Waals surface area contributed by atoms with Crippen LogP contribution in [0.5, 0.6) is 0 Å². The molecule has 2 aromatic carbocycles. The van der Waals surface area contributed by atoms with E-state index in [0.29, 0.717) is 23.9 Å². The van der Waals surface area contributed by atoms with Crippen molar-refractivity contribution >= 4 is 33.9 Å². The molecule has 4 rings (SSSR count). The third-order valence-corrected chi connectivity index (χ3v) is 5.36. The van der Waals surface area contributed by atoms with Crippen molar-refractivity contribution in [2.45, 2.75) is 19.1 Å². The van der Waals surface area contributed by atoms with Crippen LogP contribution in [-0.4, -0.2) is 39.2 Å². The summed E-state index contributed by atoms with van der Waals surface area (Å²) in [5.74, 6) is -0.718. The first-order chi connectivity index (χ1) is 11.9. The van der Waals surface area contributed by atoms with Crippen molar-refractivity contribution in [2.75, 3.05) is 19.6 Å². The van der Waals surface area contributed by atoms with Gasteiger partial charge in [0, 0.05) is 53.6 Å². The molecule has 0 radical (unpaired) electrons. The Morgan fingerprint density at radius 2 is 1.68 bits per heavy atom. The average Bonchev–Trinajstić information content (AvgIpc) is 3.14. The molecule has 0 spiro atoms. The number of benzene rings is 2. The van der Waals surface area contributed by atoms with Gasteiger partial charge in [-0.1, -0.05) is 0 Å². The maximum atomic E-state index is 13.7. The van der Waals surface area contributed by atoms with E-state index in [2.05, 4.69) is 9.03 Å². The standard InChI is InChI=1S/C18H19F2N3OS/c1-18(24,10-22-7-6-21-25-22)11-23-16-4-2-12(19)8-14(16)15-9-13(20)3-5-17(15)23/h2-5,8-9,21,24H,6-7,10-11H2,1H3. The number of aromatic nitrogens is 1. The third kappa shape index (κ3) is 3.25. The molecule has 132 valence electrons. The van der Waals surface area contributed by atoms with Crippen molar-refractivity contribution in [3.8, 4) is 0 Å². The molecule has 25 heavy (non-hydrogen) atoms. The van der Waals surface area contributed by atoms with Gasteiger partial charge in [0.1, 0.15) is 11.6 Å². The summed E-state index contributed by atoms with van der Waals surface area (Å²) in [6, 6.07) is 8.99. The minimum absolute atomic E-state index is 0.335. The summed E-state index contributed by atoms with van der Waals surface area (Å²) in [6.07, 6.45) is 0. The van der Waals surface area contributed by atoms with E-state index in [4.69, 9.17) is 0 Å². The summed E-state index contributed by atoms with van der Waals surface area (Å²) in [4.78, 5) is 0. The van der Waals surface area contributed by atoms with Crippen molar-refractivity contribution in [3.63, 3.8) is 0 Å². The molecule has 1 atom stereocenters. The molecule has 1 saturated heterocycles. The Morgan fingerprint density at radius 1 is 1.08 bits per heavy atom. The summed E-state index contributed by atoms with van der Waals surface area (Å²) in [5.41, 5.74) is 0.588. The molecule has 1 unspecified atom stereocenters. The fraction of sp³-hybridized carbons (Fsp3) is 0.333. The first kappa shape index (κ1) is 16.8. The molecule has 2 N–H and O–H groups in total. The number of β-amino-alcohol motifs (C(OH)–C–C–N with tert-alkyl or cyclic N) is 1. The molecular formula is C18H19F2N3OS. The molecule has 1 aromatic heterocycles. The van der Waals surface area contributed by atoms with Crippen LogP contribution in [0.15, 0.2) is 36.4 Å². The van der Waals surface area contributed by atoms with Gasteiger partial charge in [-0.3, -0.25) is 0 Å². The topological polar surface area (TPSA) is 40.4 Å². The van der Waals surface area contributed by atoms with E-state index in [1.54, 1.807) is 19.1 Å². The second-order valence-electron chi connectivity index (χ2n) is 6.76. The van der Waals surface area contributed by atoms with Gasteiger partial charge >= 0.3 is 0 Å². The van der Waals surface area contributed by atoms with E-state index in [9.17, 15) is 13.9 Å². The van der Waals surface area contributed by atoms with E-state index >= 15 is 0 Å². The van der Waals surface area contributed by atoms with Crippen LogP contribution in [-0.2, 0) is 6.54 Å². The van der Waals surface area contributed by atoms with Gasteiger partial charge in [0.2, 0.25) is 0 Å². The predicted octanol–water partition coefficient (Wildman–Crippen LogP) is 3.29. The fourth-order valence-electron chi connectivity index (χ4n) is 3.45. The second-order valence-corrected chi connectivity index (χ2v) is 7.74. The summed E-state index contributed by atoms with van der Waals surface area (Å²) < 4.78 is 34.6. The van der Waals surface area contributed by atoms with E-state index in [1.807, 2.05) is 4.57 Å². The maximum absolute atomic E-state index is 13.7. The Labute approximate surface area is 148 Å². The van der Waals surface area contributed by atoms with Gasteiger partial charge in [0.25, 0.3) is 0 Å². The largest absolute Gasteiger partial charge is 0.387 e. The Kier molecular flexibility index (Phi) is 4.19. The summed E-state index contributed by atoms with van der Waals surface area (Å²) in [7, 11) is 0. The number of nitrogens with one attached hydrogen (secondary N) is 1. The summed E-state index contributed by atoms with van der Waals surface area (Å²) in [6.45, 7) is 4.37. The molecule has 7 heteroatoms. The lowest BCUT2D eigenvalue weighted by molar-refractivity contribution is 0.0297. The van der Waals surface area contributed by atoms with E-state index < -0.39 is 5.60 Å².